The van der Waals surface area contributed by atoms with Crippen LogP contribution in [-0.2, 0) is 21.2 Å². The summed E-state index contributed by atoms with van der Waals surface area (Å²) in [6.07, 6.45) is 2.90. The number of hydrogen-bond acceptors (Lipinski definition) is 3. The fraction of sp³-hybridized carbons (Fsp3) is 0.438. The second kappa shape index (κ2) is 7.47. The quantitative estimate of drug-likeness (QED) is 0.794. The number of piperidine rings is 1. The number of aliphatic carboxylic acids is 1. The van der Waals surface area contributed by atoms with Gasteiger partial charge in [-0.05, 0) is 36.0 Å². The minimum Gasteiger partial charge on any atom is -0.481 e. The molecule has 1 unspecified atom stereocenters. The lowest BCUT2D eigenvalue weighted by molar-refractivity contribution is -0.136. The van der Waals surface area contributed by atoms with Crippen molar-refractivity contribution < 1.29 is 18.3 Å². The molecule has 126 valence electrons. The predicted octanol–water partition coefficient (Wildman–Crippen LogP) is 2.66. The van der Waals surface area contributed by atoms with Crippen molar-refractivity contribution in [2.24, 2.45) is 0 Å². The molecule has 2 rings (SSSR count). The van der Waals surface area contributed by atoms with Crippen LogP contribution < -0.4 is 0 Å². The summed E-state index contributed by atoms with van der Waals surface area (Å²) < 4.78 is 25.9. The highest BCUT2D eigenvalue weighted by Crippen LogP contribution is 2.31. The normalized spacial score (nSPS) is 19.4. The lowest BCUT2D eigenvalue weighted by Gasteiger charge is -2.32. The fourth-order valence-electron chi connectivity index (χ4n) is 2.87. The summed E-state index contributed by atoms with van der Waals surface area (Å²) in [7, 11) is -3.32. The molecular weight excluding hydrogens is 338 g/mol. The first-order valence-corrected chi connectivity index (χ1v) is 9.41. The van der Waals surface area contributed by atoms with Gasteiger partial charge in [0.15, 0.2) is 0 Å². The smallest absolute Gasteiger partial charge is 0.307 e. The molecule has 0 bridgehead atoms. The van der Waals surface area contributed by atoms with Crippen LogP contribution in [0.4, 0.5) is 0 Å². The Morgan fingerprint density at radius 3 is 2.87 bits per heavy atom. The van der Waals surface area contributed by atoms with Crippen LogP contribution in [0.3, 0.4) is 0 Å². The summed E-state index contributed by atoms with van der Waals surface area (Å²) in [4.78, 5) is 10.9. The number of hydrogen-bond donors (Lipinski definition) is 1. The van der Waals surface area contributed by atoms with Gasteiger partial charge in [0.1, 0.15) is 0 Å². The maximum atomic E-state index is 12.2. The van der Waals surface area contributed by atoms with Crippen LogP contribution >= 0.6 is 11.6 Å². The SMILES string of the molecule is C=CCS(=O)(=O)N1CCCC(c2ccc(Cl)c(CC(=O)O)c2)C1. The average molecular weight is 358 g/mol. The van der Waals surface area contributed by atoms with Gasteiger partial charge in [-0.2, -0.15) is 0 Å². The number of sulfonamides is 1. The largest absolute Gasteiger partial charge is 0.481 e. The zero-order chi connectivity index (χ0) is 17.0. The second-order valence-corrected chi connectivity index (χ2v) is 8.11. The fourth-order valence-corrected chi connectivity index (χ4v) is 4.38. The molecule has 0 aromatic heterocycles. The molecule has 1 heterocycles. The van der Waals surface area contributed by atoms with E-state index in [1.54, 1.807) is 12.1 Å². The molecule has 0 amide bonds. The molecule has 1 aromatic rings. The van der Waals surface area contributed by atoms with Gasteiger partial charge in [0, 0.05) is 18.1 Å². The standard InChI is InChI=1S/C16H20ClNO4S/c1-2-8-23(21,22)18-7-3-4-13(11-18)12-5-6-15(17)14(9-12)10-16(19)20/h2,5-6,9,13H,1,3-4,7-8,10-11H2,(H,19,20). The molecule has 0 spiro atoms. The van der Waals surface area contributed by atoms with E-state index < -0.39 is 16.0 Å². The summed E-state index contributed by atoms with van der Waals surface area (Å²) in [5, 5.41) is 9.36. The Hall–Kier alpha value is -1.37. The van der Waals surface area contributed by atoms with Gasteiger partial charge in [0.05, 0.1) is 12.2 Å². The number of rotatable bonds is 6. The van der Waals surface area contributed by atoms with Crippen molar-refractivity contribution >= 4 is 27.6 Å². The van der Waals surface area contributed by atoms with Crippen molar-refractivity contribution in [3.63, 3.8) is 0 Å². The third-order valence-electron chi connectivity index (χ3n) is 3.99. The summed E-state index contributed by atoms with van der Waals surface area (Å²) in [5.74, 6) is -0.957. The van der Waals surface area contributed by atoms with E-state index in [0.717, 1.165) is 18.4 Å². The predicted molar refractivity (Wildman–Crippen MR) is 90.3 cm³/mol. The second-order valence-electron chi connectivity index (χ2n) is 5.69. The molecule has 1 saturated heterocycles. The molecule has 23 heavy (non-hydrogen) atoms. The van der Waals surface area contributed by atoms with Gasteiger partial charge in [-0.1, -0.05) is 29.8 Å². The number of benzene rings is 1. The van der Waals surface area contributed by atoms with Crippen LogP contribution in [0.2, 0.25) is 5.02 Å². The number of carboxylic acids is 1. The van der Waals surface area contributed by atoms with E-state index in [0.29, 0.717) is 23.7 Å². The van der Waals surface area contributed by atoms with Gasteiger partial charge < -0.3 is 5.11 Å². The molecule has 1 fully saturated rings. The highest BCUT2D eigenvalue weighted by Gasteiger charge is 2.29. The molecule has 1 aliphatic heterocycles. The number of halogens is 1. The van der Waals surface area contributed by atoms with Crippen molar-refractivity contribution in [3.8, 4) is 0 Å². The van der Waals surface area contributed by atoms with Crippen molar-refractivity contribution in [1.29, 1.82) is 0 Å². The first-order chi connectivity index (χ1) is 10.8. The zero-order valence-electron chi connectivity index (χ0n) is 12.7. The Kier molecular flexibility index (Phi) is 5.84. The molecule has 0 saturated carbocycles. The van der Waals surface area contributed by atoms with Gasteiger partial charge in [0.2, 0.25) is 10.0 Å². The number of carboxylic acid groups (broad SMARTS) is 1. The summed E-state index contributed by atoms with van der Waals surface area (Å²) in [5.41, 5.74) is 1.49. The van der Waals surface area contributed by atoms with Gasteiger partial charge in [-0.3, -0.25) is 4.79 Å². The Balaban J connectivity index is 2.21. The van der Waals surface area contributed by atoms with Gasteiger partial charge in [-0.25, -0.2) is 12.7 Å². The molecule has 0 aliphatic carbocycles. The third kappa shape index (κ3) is 4.56. The Bertz CT molecular complexity index is 702. The van der Waals surface area contributed by atoms with Crippen LogP contribution in [0.25, 0.3) is 0 Å². The molecule has 1 aromatic carbocycles. The molecule has 0 radical (unpaired) electrons. The Labute approximate surface area is 141 Å². The van der Waals surface area contributed by atoms with E-state index in [4.69, 9.17) is 16.7 Å². The van der Waals surface area contributed by atoms with Crippen LogP contribution in [0.5, 0.6) is 0 Å². The Morgan fingerprint density at radius 1 is 1.48 bits per heavy atom. The van der Waals surface area contributed by atoms with Crippen LogP contribution in [0, 0.1) is 0 Å². The highest BCUT2D eigenvalue weighted by molar-refractivity contribution is 7.89. The molecule has 5 nitrogen and oxygen atoms in total. The first kappa shape index (κ1) is 18.0. The van der Waals surface area contributed by atoms with E-state index in [1.165, 1.54) is 10.4 Å². The van der Waals surface area contributed by atoms with Gasteiger partial charge in [-0.15, -0.1) is 6.58 Å². The number of nitrogens with zero attached hydrogens (tertiary/aromatic N) is 1. The van der Waals surface area contributed by atoms with E-state index in [1.807, 2.05) is 6.07 Å². The maximum Gasteiger partial charge on any atom is 0.307 e. The summed E-state index contributed by atoms with van der Waals surface area (Å²) >= 11 is 6.04. The topological polar surface area (TPSA) is 74.7 Å². The zero-order valence-corrected chi connectivity index (χ0v) is 14.3. The Morgan fingerprint density at radius 2 is 2.22 bits per heavy atom. The van der Waals surface area contributed by atoms with Crippen molar-refractivity contribution in [2.75, 3.05) is 18.8 Å². The van der Waals surface area contributed by atoms with Gasteiger partial charge in [0.25, 0.3) is 0 Å². The highest BCUT2D eigenvalue weighted by atomic mass is 35.5. The van der Waals surface area contributed by atoms with Gasteiger partial charge >= 0.3 is 5.97 Å². The van der Waals surface area contributed by atoms with Crippen LogP contribution in [0.1, 0.15) is 29.9 Å². The van der Waals surface area contributed by atoms with Crippen molar-refractivity contribution in [2.45, 2.75) is 25.2 Å². The lowest BCUT2D eigenvalue weighted by Crippen LogP contribution is -2.40. The number of carbonyl (C=O) groups is 1. The molecule has 7 heteroatoms. The van der Waals surface area contributed by atoms with Crippen LogP contribution in [0.15, 0.2) is 30.9 Å². The maximum absolute atomic E-state index is 12.2. The molecule has 1 N–H and O–H groups in total. The monoisotopic (exact) mass is 357 g/mol. The van der Waals surface area contributed by atoms with Crippen molar-refractivity contribution in [3.05, 3.63) is 47.0 Å². The minimum absolute atomic E-state index is 0.0492. The van der Waals surface area contributed by atoms with E-state index in [9.17, 15) is 13.2 Å². The molecule has 1 aliphatic rings. The third-order valence-corrected chi connectivity index (χ3v) is 6.13. The molecule has 1 atom stereocenters. The van der Waals surface area contributed by atoms with Crippen molar-refractivity contribution in [1.82, 2.24) is 4.31 Å². The van der Waals surface area contributed by atoms with E-state index >= 15 is 0 Å². The average Bonchev–Trinajstić information content (AvgIpc) is 2.49. The lowest BCUT2D eigenvalue weighted by atomic mass is 9.90. The summed E-state index contributed by atoms with van der Waals surface area (Å²) in [6, 6.07) is 5.32. The van der Waals surface area contributed by atoms with E-state index in [2.05, 4.69) is 6.58 Å². The van der Waals surface area contributed by atoms with Crippen LogP contribution in [-0.4, -0.2) is 42.6 Å². The molecular formula is C16H20ClNO4S. The minimum atomic E-state index is -3.32. The first-order valence-electron chi connectivity index (χ1n) is 7.42. The summed E-state index contributed by atoms with van der Waals surface area (Å²) in [6.45, 7) is 4.41. The van der Waals surface area contributed by atoms with E-state index in [-0.39, 0.29) is 18.1 Å².